The molecule has 1 aromatic heterocycles. The van der Waals surface area contributed by atoms with E-state index in [0.29, 0.717) is 35.1 Å². The van der Waals surface area contributed by atoms with Crippen LogP contribution < -0.4 is 9.64 Å². The maximum atomic E-state index is 13.6. The van der Waals surface area contributed by atoms with Gasteiger partial charge in [-0.3, -0.25) is 9.69 Å². The Morgan fingerprint density at radius 2 is 1.61 bits per heavy atom. The first-order valence-electron chi connectivity index (χ1n) is 11.7. The van der Waals surface area contributed by atoms with Gasteiger partial charge in [-0.1, -0.05) is 47.7 Å². The molecule has 8 nitrogen and oxygen atoms in total. The molecule has 1 heterocycles. The fourth-order valence-corrected chi connectivity index (χ4v) is 5.97. The van der Waals surface area contributed by atoms with E-state index in [1.54, 1.807) is 31.2 Å². The van der Waals surface area contributed by atoms with Crippen molar-refractivity contribution < 1.29 is 17.9 Å². The van der Waals surface area contributed by atoms with E-state index in [0.717, 1.165) is 10.3 Å². The summed E-state index contributed by atoms with van der Waals surface area (Å²) in [4.78, 5) is 22.1. The van der Waals surface area contributed by atoms with Crippen LogP contribution in [0.15, 0.2) is 77.7 Å². The first-order valence-corrected chi connectivity index (χ1v) is 14.0. The second-order valence-corrected chi connectivity index (χ2v) is 11.9. The zero-order valence-corrected chi connectivity index (χ0v) is 24.1. The molecule has 4 aromatic rings. The second kappa shape index (κ2) is 12.7. The smallest absolute Gasteiger partial charge is 0.260 e. The Bertz CT molecular complexity index is 1480. The number of halogens is 1. The van der Waals surface area contributed by atoms with Gasteiger partial charge in [-0.05, 0) is 56.1 Å². The number of ether oxygens (including phenoxy) is 1. The lowest BCUT2D eigenvalue weighted by molar-refractivity contribution is 0.0985. The van der Waals surface area contributed by atoms with Crippen LogP contribution in [0.1, 0.15) is 15.9 Å². The van der Waals surface area contributed by atoms with Gasteiger partial charge in [-0.25, -0.2) is 13.4 Å². The molecule has 0 N–H and O–H groups in total. The van der Waals surface area contributed by atoms with Crippen molar-refractivity contribution >= 4 is 55.0 Å². The van der Waals surface area contributed by atoms with Crippen LogP contribution in [0.2, 0.25) is 0 Å². The number of amides is 1. The van der Waals surface area contributed by atoms with Crippen molar-refractivity contribution in [3.05, 3.63) is 83.9 Å². The summed E-state index contributed by atoms with van der Waals surface area (Å²) in [5.41, 5.74) is 1.98. The van der Waals surface area contributed by atoms with E-state index in [-0.39, 0.29) is 29.8 Å². The predicted octanol–water partition coefficient (Wildman–Crippen LogP) is 4.76. The zero-order valence-electron chi connectivity index (χ0n) is 21.7. The number of aromatic nitrogens is 1. The van der Waals surface area contributed by atoms with Crippen LogP contribution in [0.5, 0.6) is 5.75 Å². The van der Waals surface area contributed by atoms with E-state index >= 15 is 0 Å². The number of methoxy groups -OCH3 is 1. The molecule has 1 amide bonds. The first-order chi connectivity index (χ1) is 17.7. The number of hydrogen-bond acceptors (Lipinski definition) is 7. The van der Waals surface area contributed by atoms with E-state index in [1.165, 1.54) is 27.8 Å². The highest BCUT2D eigenvalue weighted by Crippen LogP contribution is 2.34. The maximum Gasteiger partial charge on any atom is 0.260 e. The number of hydrogen-bond donors (Lipinski definition) is 0. The summed E-state index contributed by atoms with van der Waals surface area (Å²) in [6.45, 7) is 1.31. The molecule has 0 atom stereocenters. The van der Waals surface area contributed by atoms with Gasteiger partial charge >= 0.3 is 0 Å². The minimum Gasteiger partial charge on any atom is -0.494 e. The molecule has 0 aliphatic heterocycles. The van der Waals surface area contributed by atoms with Gasteiger partial charge in [0.2, 0.25) is 10.0 Å². The first kappa shape index (κ1) is 29.5. The van der Waals surface area contributed by atoms with Gasteiger partial charge in [0.1, 0.15) is 11.3 Å². The molecule has 3 aromatic carbocycles. The Balaban J connectivity index is 0.00000400. The molecule has 0 fully saturated rings. The summed E-state index contributed by atoms with van der Waals surface area (Å²) >= 11 is 1.41. The Kier molecular flexibility index (Phi) is 9.86. The number of para-hydroxylation sites is 1. The summed E-state index contributed by atoms with van der Waals surface area (Å²) in [7, 11) is 3.30. The molecule has 202 valence electrons. The van der Waals surface area contributed by atoms with Gasteiger partial charge in [0.15, 0.2) is 5.13 Å². The molecule has 0 radical (unpaired) electrons. The third-order valence-corrected chi connectivity index (χ3v) is 8.76. The van der Waals surface area contributed by atoms with Gasteiger partial charge in [-0.15, -0.1) is 12.4 Å². The number of fused-ring (bicyclic) bond motifs is 1. The van der Waals surface area contributed by atoms with E-state index in [9.17, 15) is 13.2 Å². The molecule has 0 saturated carbocycles. The number of anilines is 1. The molecule has 4 rings (SSSR count). The predicted molar refractivity (Wildman–Crippen MR) is 155 cm³/mol. The van der Waals surface area contributed by atoms with Crippen LogP contribution in [0.4, 0.5) is 5.13 Å². The molecule has 38 heavy (non-hydrogen) atoms. The molecule has 0 saturated heterocycles. The summed E-state index contributed by atoms with van der Waals surface area (Å²) in [6, 6.07) is 21.2. The lowest BCUT2D eigenvalue weighted by Crippen LogP contribution is -2.36. The minimum atomic E-state index is -3.72. The van der Waals surface area contributed by atoms with Gasteiger partial charge in [0.05, 0.1) is 16.7 Å². The van der Waals surface area contributed by atoms with Gasteiger partial charge in [0.25, 0.3) is 5.91 Å². The lowest BCUT2D eigenvalue weighted by Gasteiger charge is -2.22. The molecule has 0 bridgehead atoms. The van der Waals surface area contributed by atoms with Gasteiger partial charge in [-0.2, -0.15) is 4.31 Å². The minimum absolute atomic E-state index is 0. The Morgan fingerprint density at radius 3 is 2.24 bits per heavy atom. The summed E-state index contributed by atoms with van der Waals surface area (Å²) in [6.07, 6.45) is 0. The van der Waals surface area contributed by atoms with Crippen molar-refractivity contribution in [1.29, 1.82) is 0 Å². The van der Waals surface area contributed by atoms with Crippen LogP contribution in [0, 0.1) is 0 Å². The van der Waals surface area contributed by atoms with Gasteiger partial charge < -0.3 is 9.64 Å². The van der Waals surface area contributed by atoms with E-state index in [1.807, 2.05) is 67.5 Å². The van der Waals surface area contributed by atoms with Crippen molar-refractivity contribution in [2.24, 2.45) is 0 Å². The monoisotopic (exact) mass is 574 g/mol. The number of thiazole rings is 1. The van der Waals surface area contributed by atoms with Crippen molar-refractivity contribution in [2.45, 2.75) is 11.4 Å². The number of rotatable bonds is 10. The van der Waals surface area contributed by atoms with Crippen molar-refractivity contribution in [1.82, 2.24) is 14.2 Å². The standard InChI is InChI=1S/C27H30N4O4S2.ClH/c1-29(2)17-18-31(27-28-25-23(35-4)11-8-12-24(25)36-27)26(32)21-13-15-22(16-14-21)37(33,34)30(3)19-20-9-6-5-7-10-20;/h5-16H,17-19H2,1-4H3;1H. The average Bonchev–Trinajstić information content (AvgIpc) is 3.33. The number of carbonyl (C=O) groups is 1. The van der Waals surface area contributed by atoms with Crippen molar-refractivity contribution in [2.75, 3.05) is 46.2 Å². The third-order valence-electron chi connectivity index (χ3n) is 5.89. The molecule has 11 heteroatoms. The third kappa shape index (κ3) is 6.51. The highest BCUT2D eigenvalue weighted by molar-refractivity contribution is 7.89. The Morgan fingerprint density at radius 1 is 0.921 bits per heavy atom. The molecule has 0 spiro atoms. The fraction of sp³-hybridized carbons (Fsp3) is 0.259. The van der Waals surface area contributed by atoms with E-state index < -0.39 is 10.0 Å². The highest BCUT2D eigenvalue weighted by atomic mass is 35.5. The molecular formula is C27H31ClN4O4S2. The fourth-order valence-electron chi connectivity index (χ4n) is 3.81. The quantitative estimate of drug-likeness (QED) is 0.272. The number of likely N-dealkylation sites (N-methyl/N-ethyl adjacent to an activating group) is 1. The summed E-state index contributed by atoms with van der Waals surface area (Å²) in [5.74, 6) is 0.399. The van der Waals surface area contributed by atoms with Crippen LogP contribution in [0.3, 0.4) is 0 Å². The SMILES string of the molecule is COc1cccc2sc(N(CCN(C)C)C(=O)c3ccc(S(=O)(=O)N(C)Cc4ccccc4)cc3)nc12.Cl. The lowest BCUT2D eigenvalue weighted by atomic mass is 10.2. The second-order valence-electron chi connectivity index (χ2n) is 8.83. The molecule has 0 unspecified atom stereocenters. The number of benzene rings is 3. The van der Waals surface area contributed by atoms with Gasteiger partial charge in [0, 0.05) is 32.2 Å². The van der Waals surface area contributed by atoms with Crippen LogP contribution >= 0.6 is 23.7 Å². The maximum absolute atomic E-state index is 13.6. The Hall–Kier alpha value is -3.02. The van der Waals surface area contributed by atoms with Crippen molar-refractivity contribution in [3.63, 3.8) is 0 Å². The number of nitrogens with zero attached hydrogens (tertiary/aromatic N) is 4. The molecule has 0 aliphatic rings. The highest BCUT2D eigenvalue weighted by Gasteiger charge is 2.25. The summed E-state index contributed by atoms with van der Waals surface area (Å²) in [5, 5.41) is 0.561. The molecule has 0 aliphatic carbocycles. The van der Waals surface area contributed by atoms with Crippen LogP contribution in [-0.2, 0) is 16.6 Å². The van der Waals surface area contributed by atoms with E-state index in [2.05, 4.69) is 0 Å². The summed E-state index contributed by atoms with van der Waals surface area (Å²) < 4.78 is 33.9. The van der Waals surface area contributed by atoms with Crippen LogP contribution in [-0.4, -0.2) is 69.9 Å². The van der Waals surface area contributed by atoms with E-state index in [4.69, 9.17) is 9.72 Å². The van der Waals surface area contributed by atoms with Crippen LogP contribution in [0.25, 0.3) is 10.2 Å². The zero-order chi connectivity index (χ0) is 26.6. The topological polar surface area (TPSA) is 83.0 Å². The average molecular weight is 575 g/mol. The largest absolute Gasteiger partial charge is 0.494 e. The Labute approximate surface area is 233 Å². The number of sulfonamides is 1. The normalized spacial score (nSPS) is 11.5. The number of carbonyl (C=O) groups excluding carboxylic acids is 1. The van der Waals surface area contributed by atoms with Crippen molar-refractivity contribution in [3.8, 4) is 5.75 Å². The molecular weight excluding hydrogens is 544 g/mol.